The summed E-state index contributed by atoms with van der Waals surface area (Å²) < 4.78 is 7.48. The largest absolute Gasteiger partial charge is 0.466 e. The highest BCUT2D eigenvalue weighted by atomic mass is 32.2. The van der Waals surface area contributed by atoms with Crippen LogP contribution < -0.4 is 10.5 Å². The van der Waals surface area contributed by atoms with Crippen LogP contribution in [-0.2, 0) is 21.4 Å². The molecule has 9 heteroatoms. The first-order valence-electron chi connectivity index (χ1n) is 13.2. The van der Waals surface area contributed by atoms with Gasteiger partial charge in [0.05, 0.1) is 34.2 Å². The number of thioether (sulfide) groups is 1. The maximum atomic E-state index is 13.7. The predicted molar refractivity (Wildman–Crippen MR) is 153 cm³/mol. The molecular weight excluding hydrogens is 506 g/mol. The zero-order chi connectivity index (χ0) is 26.1. The van der Waals surface area contributed by atoms with Crippen molar-refractivity contribution in [2.24, 2.45) is 13.0 Å². The number of anilines is 1. The molecule has 196 valence electrons. The molecule has 0 spiro atoms. The van der Waals surface area contributed by atoms with E-state index in [0.717, 1.165) is 42.3 Å². The minimum atomic E-state index is -0.150. The third-order valence-electron chi connectivity index (χ3n) is 7.78. The molecule has 0 N–H and O–H groups in total. The van der Waals surface area contributed by atoms with E-state index < -0.39 is 0 Å². The fourth-order valence-electron chi connectivity index (χ4n) is 5.84. The molecule has 1 aromatic heterocycles. The summed E-state index contributed by atoms with van der Waals surface area (Å²) in [5, 5.41) is 0.952. The molecule has 37 heavy (non-hydrogen) atoms. The fourth-order valence-corrected chi connectivity index (χ4v) is 7.22. The Balaban J connectivity index is 1.54. The minimum Gasteiger partial charge on any atom is -0.466 e. The molecular formula is C28H33N3O4S2. The van der Waals surface area contributed by atoms with Gasteiger partial charge >= 0.3 is 5.97 Å². The van der Waals surface area contributed by atoms with E-state index in [1.54, 1.807) is 22.6 Å². The van der Waals surface area contributed by atoms with Crippen molar-refractivity contribution in [3.05, 3.63) is 45.1 Å². The molecule has 1 aromatic carbocycles. The number of thiocarbonyl (C=S) groups is 1. The molecule has 7 nitrogen and oxygen atoms in total. The smallest absolute Gasteiger partial charge is 0.309 e. The number of amides is 1. The second-order valence-corrected chi connectivity index (χ2v) is 11.7. The maximum absolute atomic E-state index is 13.7. The van der Waals surface area contributed by atoms with Crippen LogP contribution in [0.1, 0.15) is 57.4 Å². The average Bonchev–Trinajstić information content (AvgIpc) is 3.20. The van der Waals surface area contributed by atoms with Crippen molar-refractivity contribution in [2.45, 2.75) is 57.9 Å². The number of fused-ring (bicyclic) bond motifs is 1. The summed E-state index contributed by atoms with van der Waals surface area (Å²) >= 11 is 6.93. The highest BCUT2D eigenvalue weighted by Gasteiger charge is 2.38. The van der Waals surface area contributed by atoms with Gasteiger partial charge in [-0.2, -0.15) is 0 Å². The van der Waals surface area contributed by atoms with Crippen LogP contribution >= 0.6 is 24.0 Å². The summed E-state index contributed by atoms with van der Waals surface area (Å²) in [5.74, 6) is -0.379. The van der Waals surface area contributed by atoms with Gasteiger partial charge in [0.1, 0.15) is 4.32 Å². The molecule has 0 bridgehead atoms. The van der Waals surface area contributed by atoms with Crippen molar-refractivity contribution in [2.75, 3.05) is 24.6 Å². The maximum Gasteiger partial charge on any atom is 0.309 e. The Bertz CT molecular complexity index is 1320. The van der Waals surface area contributed by atoms with Crippen LogP contribution in [0.15, 0.2) is 34.0 Å². The molecule has 2 saturated heterocycles. The van der Waals surface area contributed by atoms with Crippen LogP contribution in [0.2, 0.25) is 0 Å². The molecule has 1 aliphatic carbocycles. The molecule has 3 fully saturated rings. The number of pyridine rings is 1. The van der Waals surface area contributed by atoms with E-state index in [-0.39, 0.29) is 29.4 Å². The highest BCUT2D eigenvalue weighted by Crippen LogP contribution is 2.39. The lowest BCUT2D eigenvalue weighted by Gasteiger charge is -2.34. The van der Waals surface area contributed by atoms with Crippen LogP contribution in [0.5, 0.6) is 0 Å². The van der Waals surface area contributed by atoms with Gasteiger partial charge in [0.25, 0.3) is 11.5 Å². The van der Waals surface area contributed by atoms with Gasteiger partial charge in [0, 0.05) is 31.6 Å². The Morgan fingerprint density at radius 3 is 2.51 bits per heavy atom. The minimum absolute atomic E-state index is 0.0934. The standard InChI is InChI=1S/C28H33N3O4S2/c1-3-35-27(34)18-13-15-30(16-14-18)24-20-11-7-8-12-22(20)29(2)25(32)21(24)17-23-26(33)31(28(36)37-23)19-9-5-4-6-10-19/h7-8,11-12,17-19H,3-6,9-10,13-16H2,1-2H3. The molecule has 1 amide bonds. The van der Waals surface area contributed by atoms with Crippen molar-refractivity contribution in [1.82, 2.24) is 9.47 Å². The quantitative estimate of drug-likeness (QED) is 0.306. The summed E-state index contributed by atoms with van der Waals surface area (Å²) in [5.41, 5.74) is 2.01. The lowest BCUT2D eigenvalue weighted by Crippen LogP contribution is -2.40. The SMILES string of the molecule is CCOC(=O)C1CCN(c2c(C=C3SC(=S)N(C4CCCCC4)C3=O)c(=O)n(C)c3ccccc23)CC1. The Morgan fingerprint density at radius 1 is 1.11 bits per heavy atom. The first kappa shape index (κ1) is 26.0. The lowest BCUT2D eigenvalue weighted by molar-refractivity contribution is -0.148. The van der Waals surface area contributed by atoms with Crippen LogP contribution in [0.4, 0.5) is 5.69 Å². The molecule has 0 unspecified atom stereocenters. The van der Waals surface area contributed by atoms with Crippen molar-refractivity contribution in [3.8, 4) is 0 Å². The summed E-state index contributed by atoms with van der Waals surface area (Å²) in [6, 6.07) is 8.00. The molecule has 1 saturated carbocycles. The molecule has 0 atom stereocenters. The Labute approximate surface area is 226 Å². The number of para-hydroxylation sites is 1. The molecule has 3 aliphatic rings. The third kappa shape index (κ3) is 4.95. The summed E-state index contributed by atoms with van der Waals surface area (Å²) in [6.45, 7) is 3.46. The van der Waals surface area contributed by atoms with Gasteiger partial charge in [0.15, 0.2) is 0 Å². The summed E-state index contributed by atoms with van der Waals surface area (Å²) in [4.78, 5) is 44.0. The molecule has 0 radical (unpaired) electrons. The number of nitrogens with zero attached hydrogens (tertiary/aromatic N) is 3. The van der Waals surface area contributed by atoms with Crippen molar-refractivity contribution in [3.63, 3.8) is 0 Å². The van der Waals surface area contributed by atoms with Crippen LogP contribution in [-0.4, -0.2) is 51.4 Å². The fraction of sp³-hybridized carbons (Fsp3) is 0.500. The van der Waals surface area contributed by atoms with Gasteiger partial charge in [0.2, 0.25) is 0 Å². The number of ether oxygens (including phenoxy) is 1. The van der Waals surface area contributed by atoms with E-state index in [1.165, 1.54) is 18.2 Å². The van der Waals surface area contributed by atoms with E-state index in [4.69, 9.17) is 17.0 Å². The van der Waals surface area contributed by atoms with Crippen molar-refractivity contribution < 1.29 is 14.3 Å². The predicted octanol–water partition coefficient (Wildman–Crippen LogP) is 4.85. The van der Waals surface area contributed by atoms with Gasteiger partial charge in [-0.05, 0) is 44.7 Å². The van der Waals surface area contributed by atoms with E-state index in [2.05, 4.69) is 4.90 Å². The first-order chi connectivity index (χ1) is 17.9. The Kier molecular flexibility index (Phi) is 7.72. The summed E-state index contributed by atoms with van der Waals surface area (Å²) in [7, 11) is 1.77. The Morgan fingerprint density at radius 2 is 1.81 bits per heavy atom. The van der Waals surface area contributed by atoms with Gasteiger partial charge < -0.3 is 14.2 Å². The number of carbonyl (C=O) groups excluding carboxylic acids is 2. The number of esters is 1. The zero-order valence-electron chi connectivity index (χ0n) is 21.4. The number of carbonyl (C=O) groups is 2. The van der Waals surface area contributed by atoms with E-state index in [1.807, 2.05) is 31.2 Å². The first-order valence-corrected chi connectivity index (χ1v) is 14.4. The zero-order valence-corrected chi connectivity index (χ0v) is 23.0. The van der Waals surface area contributed by atoms with Crippen molar-refractivity contribution in [1.29, 1.82) is 0 Å². The third-order valence-corrected chi connectivity index (χ3v) is 9.11. The molecule has 3 heterocycles. The number of hydrogen-bond donors (Lipinski definition) is 0. The van der Waals surface area contributed by atoms with E-state index in [0.29, 0.717) is 47.3 Å². The van der Waals surface area contributed by atoms with Gasteiger partial charge in [-0.25, -0.2) is 0 Å². The number of rotatable bonds is 5. The topological polar surface area (TPSA) is 71.8 Å². The van der Waals surface area contributed by atoms with Crippen LogP contribution in [0, 0.1) is 5.92 Å². The van der Waals surface area contributed by atoms with Crippen LogP contribution in [0.25, 0.3) is 17.0 Å². The summed E-state index contributed by atoms with van der Waals surface area (Å²) in [6.07, 6.45) is 8.43. The van der Waals surface area contributed by atoms with E-state index >= 15 is 0 Å². The number of piperidine rings is 1. The lowest BCUT2D eigenvalue weighted by atomic mass is 9.94. The number of benzene rings is 1. The van der Waals surface area contributed by atoms with Gasteiger partial charge in [-0.1, -0.05) is 61.4 Å². The van der Waals surface area contributed by atoms with Gasteiger partial charge in [-0.15, -0.1) is 0 Å². The van der Waals surface area contributed by atoms with Gasteiger partial charge in [-0.3, -0.25) is 19.3 Å². The number of aromatic nitrogens is 1. The molecule has 2 aliphatic heterocycles. The molecule has 5 rings (SSSR count). The second-order valence-electron chi connectivity index (χ2n) is 10.0. The van der Waals surface area contributed by atoms with E-state index in [9.17, 15) is 14.4 Å². The van der Waals surface area contributed by atoms with Crippen LogP contribution in [0.3, 0.4) is 0 Å². The van der Waals surface area contributed by atoms with Crippen molar-refractivity contribution >= 4 is 62.8 Å². The second kappa shape index (κ2) is 11.0. The average molecular weight is 540 g/mol. The number of aryl methyl sites for hydroxylation is 1. The molecule has 2 aromatic rings. The Hall–Kier alpha value is -2.65. The number of hydrogen-bond acceptors (Lipinski definition) is 7. The normalized spacial score (nSPS) is 20.9. The highest BCUT2D eigenvalue weighted by molar-refractivity contribution is 8.26. The monoisotopic (exact) mass is 539 g/mol.